The van der Waals surface area contributed by atoms with Crippen molar-refractivity contribution in [3.8, 4) is 0 Å². The highest BCUT2D eigenvalue weighted by Gasteiger charge is 2.00. The van der Waals surface area contributed by atoms with Crippen LogP contribution in [0.15, 0.2) is 24.3 Å². The van der Waals surface area contributed by atoms with Crippen molar-refractivity contribution < 1.29 is 14.9 Å². The zero-order valence-corrected chi connectivity index (χ0v) is 9.21. The molecule has 2 N–H and O–H groups in total. The average Bonchev–Trinajstić information content (AvgIpc) is 2.22. The zero-order valence-electron chi connectivity index (χ0n) is 8.40. The van der Waals surface area contributed by atoms with Crippen LogP contribution in [0.4, 0.5) is 5.69 Å². The van der Waals surface area contributed by atoms with Gasteiger partial charge in [-0.1, -0.05) is 12.1 Å². The summed E-state index contributed by atoms with van der Waals surface area (Å²) in [5.74, 6) is 0.426. The fraction of sp³-hybridized carbons (Fsp3) is 0.300. The van der Waals surface area contributed by atoms with Crippen molar-refractivity contribution in [1.29, 1.82) is 0 Å². The molecule has 15 heavy (non-hydrogen) atoms. The van der Waals surface area contributed by atoms with Crippen molar-refractivity contribution in [2.45, 2.75) is 6.61 Å². The van der Waals surface area contributed by atoms with Crippen LogP contribution in [-0.2, 0) is 16.3 Å². The molecule has 0 aliphatic carbocycles. The maximum Gasteiger partial charge on any atom is 0.234 e. The van der Waals surface area contributed by atoms with Crippen molar-refractivity contribution in [3.05, 3.63) is 29.8 Å². The van der Waals surface area contributed by atoms with Crippen molar-refractivity contribution >= 4 is 23.4 Å². The third kappa shape index (κ3) is 4.33. The first-order valence-corrected chi connectivity index (χ1v) is 5.79. The number of anilines is 1. The molecule has 0 aliphatic rings. The number of benzene rings is 1. The Labute approximate surface area is 92.6 Å². The first-order valence-electron chi connectivity index (χ1n) is 4.40. The molecule has 0 aromatic heterocycles. The zero-order chi connectivity index (χ0) is 11.1. The molecule has 5 heteroatoms. The lowest BCUT2D eigenvalue weighted by molar-refractivity contribution is -0.253. The number of amides is 1. The third-order valence-corrected chi connectivity index (χ3v) is 2.30. The highest BCUT2D eigenvalue weighted by Crippen LogP contribution is 2.10. The molecule has 0 aliphatic heterocycles. The van der Waals surface area contributed by atoms with Gasteiger partial charge in [-0.05, 0) is 24.0 Å². The molecule has 0 fully saturated rings. The number of carbonyl (C=O) groups excluding carboxylic acids is 1. The summed E-state index contributed by atoms with van der Waals surface area (Å²) in [4.78, 5) is 15.2. The van der Waals surface area contributed by atoms with Gasteiger partial charge in [-0.3, -0.25) is 10.1 Å². The highest BCUT2D eigenvalue weighted by molar-refractivity contribution is 7.99. The van der Waals surface area contributed by atoms with Crippen molar-refractivity contribution in [1.82, 2.24) is 0 Å². The molecule has 0 bridgehead atoms. The van der Waals surface area contributed by atoms with Crippen LogP contribution >= 0.6 is 11.8 Å². The number of thioether (sulfide) groups is 1. The Bertz CT molecular complexity index is 313. The molecule has 0 spiro atoms. The van der Waals surface area contributed by atoms with Crippen LogP contribution in [-0.4, -0.2) is 23.2 Å². The monoisotopic (exact) mass is 227 g/mol. The number of nitrogens with one attached hydrogen (secondary N) is 1. The van der Waals surface area contributed by atoms with Crippen molar-refractivity contribution in [3.63, 3.8) is 0 Å². The molecule has 0 saturated carbocycles. The summed E-state index contributed by atoms with van der Waals surface area (Å²) in [6.45, 7) is 0.152. The van der Waals surface area contributed by atoms with E-state index in [0.717, 1.165) is 11.3 Å². The molecule has 0 saturated heterocycles. The van der Waals surface area contributed by atoms with Gasteiger partial charge in [-0.2, -0.15) is 11.8 Å². The molecule has 82 valence electrons. The molecule has 1 aromatic carbocycles. The summed E-state index contributed by atoms with van der Waals surface area (Å²) < 4.78 is 0. The van der Waals surface area contributed by atoms with E-state index in [1.807, 2.05) is 6.26 Å². The number of hydrogen-bond acceptors (Lipinski definition) is 4. The Balaban J connectivity index is 2.52. The molecule has 1 amide bonds. The Kier molecular flexibility index (Phi) is 5.17. The predicted molar refractivity (Wildman–Crippen MR) is 60.9 cm³/mol. The summed E-state index contributed by atoms with van der Waals surface area (Å²) in [5, 5.41) is 11.0. The first kappa shape index (κ1) is 12.0. The summed E-state index contributed by atoms with van der Waals surface area (Å²) in [7, 11) is 0. The molecular weight excluding hydrogens is 214 g/mol. The van der Waals surface area contributed by atoms with Gasteiger partial charge in [0.15, 0.2) is 0 Å². The van der Waals surface area contributed by atoms with E-state index in [-0.39, 0.29) is 12.5 Å². The van der Waals surface area contributed by atoms with Gasteiger partial charge in [0.1, 0.15) is 6.61 Å². The second kappa shape index (κ2) is 6.44. The third-order valence-electron chi connectivity index (χ3n) is 1.74. The second-order valence-electron chi connectivity index (χ2n) is 2.95. The summed E-state index contributed by atoms with van der Waals surface area (Å²) in [6.07, 6.45) is 1.88. The minimum Gasteiger partial charge on any atom is -0.325 e. The predicted octanol–water partition coefficient (Wildman–Crippen LogP) is 1.98. The number of rotatable bonds is 5. The molecule has 0 heterocycles. The Hall–Kier alpha value is -1.04. The van der Waals surface area contributed by atoms with E-state index in [0.29, 0.717) is 5.75 Å². The van der Waals surface area contributed by atoms with Crippen LogP contribution in [0.1, 0.15) is 5.56 Å². The fourth-order valence-electron chi connectivity index (χ4n) is 1.09. The van der Waals surface area contributed by atoms with Crippen molar-refractivity contribution in [2.75, 3.05) is 17.3 Å². The molecule has 0 unspecified atom stereocenters. The largest absolute Gasteiger partial charge is 0.325 e. The lowest BCUT2D eigenvalue weighted by Gasteiger charge is -2.04. The highest BCUT2D eigenvalue weighted by atomic mass is 32.2. The molecule has 0 atom stereocenters. The molecule has 0 radical (unpaired) electrons. The van der Waals surface area contributed by atoms with Crippen LogP contribution in [0.2, 0.25) is 0 Å². The summed E-state index contributed by atoms with van der Waals surface area (Å²) in [6, 6.07) is 7.11. The van der Waals surface area contributed by atoms with Gasteiger partial charge in [0.25, 0.3) is 0 Å². The SMILES string of the molecule is CSCC(=O)Nc1ccc(COO)cc1. The van der Waals surface area contributed by atoms with E-state index >= 15 is 0 Å². The van der Waals surface area contributed by atoms with Gasteiger partial charge in [0.2, 0.25) is 5.91 Å². The Morgan fingerprint density at radius 2 is 2.13 bits per heavy atom. The molecule has 1 aromatic rings. The average molecular weight is 227 g/mol. The number of hydrogen-bond donors (Lipinski definition) is 2. The Morgan fingerprint density at radius 3 is 2.67 bits per heavy atom. The van der Waals surface area contributed by atoms with Crippen LogP contribution in [0.25, 0.3) is 0 Å². The maximum absolute atomic E-state index is 11.2. The fourth-order valence-corrected chi connectivity index (χ4v) is 1.42. The van der Waals surface area contributed by atoms with Gasteiger partial charge in [-0.15, -0.1) is 0 Å². The second-order valence-corrected chi connectivity index (χ2v) is 3.82. The van der Waals surface area contributed by atoms with E-state index in [1.165, 1.54) is 11.8 Å². The standard InChI is InChI=1S/C10H13NO3S/c1-15-7-10(12)11-9-4-2-8(3-5-9)6-14-13/h2-5,13H,6-7H2,1H3,(H,11,12). The van der Waals surface area contributed by atoms with Crippen LogP contribution in [0.5, 0.6) is 0 Å². The van der Waals surface area contributed by atoms with E-state index in [4.69, 9.17) is 5.26 Å². The van der Waals surface area contributed by atoms with Gasteiger partial charge < -0.3 is 5.32 Å². The van der Waals surface area contributed by atoms with E-state index in [1.54, 1.807) is 24.3 Å². The minimum absolute atomic E-state index is 0.0198. The quantitative estimate of drug-likeness (QED) is 0.596. The van der Waals surface area contributed by atoms with Gasteiger partial charge >= 0.3 is 0 Å². The minimum atomic E-state index is -0.0198. The summed E-state index contributed by atoms with van der Waals surface area (Å²) >= 11 is 1.48. The lowest BCUT2D eigenvalue weighted by Crippen LogP contribution is -2.13. The first-order chi connectivity index (χ1) is 7.26. The molecule has 4 nitrogen and oxygen atoms in total. The van der Waals surface area contributed by atoms with Crippen LogP contribution in [0, 0.1) is 0 Å². The molecular formula is C10H13NO3S. The van der Waals surface area contributed by atoms with E-state index < -0.39 is 0 Å². The maximum atomic E-state index is 11.2. The van der Waals surface area contributed by atoms with Crippen LogP contribution in [0.3, 0.4) is 0 Å². The lowest BCUT2D eigenvalue weighted by atomic mass is 10.2. The summed E-state index contributed by atoms with van der Waals surface area (Å²) in [5.41, 5.74) is 1.59. The Morgan fingerprint density at radius 1 is 1.47 bits per heavy atom. The van der Waals surface area contributed by atoms with Crippen LogP contribution < -0.4 is 5.32 Å². The topological polar surface area (TPSA) is 58.6 Å². The van der Waals surface area contributed by atoms with Gasteiger partial charge in [0, 0.05) is 5.69 Å². The van der Waals surface area contributed by atoms with E-state index in [2.05, 4.69) is 10.2 Å². The van der Waals surface area contributed by atoms with Crippen molar-refractivity contribution in [2.24, 2.45) is 0 Å². The smallest absolute Gasteiger partial charge is 0.234 e. The van der Waals surface area contributed by atoms with Gasteiger partial charge in [-0.25, -0.2) is 4.89 Å². The van der Waals surface area contributed by atoms with E-state index in [9.17, 15) is 4.79 Å². The molecule has 1 rings (SSSR count). The van der Waals surface area contributed by atoms with Gasteiger partial charge in [0.05, 0.1) is 5.75 Å². The normalized spacial score (nSPS) is 10.0. The number of carbonyl (C=O) groups is 1.